The van der Waals surface area contributed by atoms with Gasteiger partial charge in [-0.15, -0.1) is 0 Å². The average molecular weight is 315 g/mol. The summed E-state index contributed by atoms with van der Waals surface area (Å²) in [6.45, 7) is 8.55. The average Bonchev–Trinajstić information content (AvgIpc) is 2.94. The number of carboxylic acid groups (broad SMARTS) is 1. The Morgan fingerprint density at radius 1 is 1.39 bits per heavy atom. The highest BCUT2D eigenvalue weighted by Gasteiger charge is 2.23. The smallest absolute Gasteiger partial charge is 0.371 e. The minimum Gasteiger partial charge on any atom is -0.475 e. The Morgan fingerprint density at radius 2 is 2.17 bits per heavy atom. The second-order valence-electron chi connectivity index (χ2n) is 6.95. The lowest BCUT2D eigenvalue weighted by molar-refractivity contribution is 0.0658. The first-order chi connectivity index (χ1) is 10.8. The molecule has 2 aromatic heterocycles. The first-order valence-electron chi connectivity index (χ1n) is 7.72. The summed E-state index contributed by atoms with van der Waals surface area (Å²) >= 11 is 0. The van der Waals surface area contributed by atoms with Gasteiger partial charge in [0.25, 0.3) is 0 Å². The highest BCUT2D eigenvalue weighted by Crippen LogP contribution is 2.23. The van der Waals surface area contributed by atoms with E-state index in [9.17, 15) is 4.79 Å². The molecule has 0 radical (unpaired) electrons. The lowest BCUT2D eigenvalue weighted by Gasteiger charge is -2.28. The van der Waals surface area contributed by atoms with Crippen molar-refractivity contribution < 1.29 is 14.3 Å². The Balaban J connectivity index is 1.71. The van der Waals surface area contributed by atoms with Gasteiger partial charge in [0.15, 0.2) is 0 Å². The summed E-state index contributed by atoms with van der Waals surface area (Å²) in [5.41, 5.74) is 2.20. The molecule has 23 heavy (non-hydrogen) atoms. The molecule has 1 aliphatic rings. The van der Waals surface area contributed by atoms with Crippen molar-refractivity contribution in [2.45, 2.75) is 45.7 Å². The summed E-state index contributed by atoms with van der Waals surface area (Å²) in [5.74, 6) is 0.485. The van der Waals surface area contributed by atoms with Gasteiger partial charge in [-0.1, -0.05) is 20.8 Å². The molecule has 0 bridgehead atoms. The van der Waals surface area contributed by atoms with E-state index >= 15 is 0 Å². The van der Waals surface area contributed by atoms with Gasteiger partial charge in [-0.2, -0.15) is 0 Å². The third-order valence-corrected chi connectivity index (χ3v) is 3.94. The van der Waals surface area contributed by atoms with E-state index in [0.717, 1.165) is 36.6 Å². The second kappa shape index (κ2) is 5.77. The van der Waals surface area contributed by atoms with E-state index in [4.69, 9.17) is 14.5 Å². The maximum atomic E-state index is 10.9. The second-order valence-corrected chi connectivity index (χ2v) is 6.95. The van der Waals surface area contributed by atoms with Crippen LogP contribution in [-0.2, 0) is 24.9 Å². The fourth-order valence-corrected chi connectivity index (χ4v) is 2.67. The molecule has 2 aromatic rings. The predicted molar refractivity (Wildman–Crippen MR) is 84.2 cm³/mol. The Kier molecular flexibility index (Phi) is 3.93. The van der Waals surface area contributed by atoms with Gasteiger partial charge in [0.05, 0.1) is 6.54 Å². The predicted octanol–water partition coefficient (Wildman–Crippen LogP) is 2.62. The van der Waals surface area contributed by atoms with Crippen molar-refractivity contribution in [3.8, 4) is 0 Å². The summed E-state index contributed by atoms with van der Waals surface area (Å²) in [4.78, 5) is 22.3. The molecule has 0 fully saturated rings. The van der Waals surface area contributed by atoms with Crippen LogP contribution in [0, 0.1) is 0 Å². The normalized spacial score (nSPS) is 15.4. The molecular formula is C17H21N3O3. The molecule has 0 saturated heterocycles. The zero-order valence-corrected chi connectivity index (χ0v) is 13.7. The van der Waals surface area contributed by atoms with Gasteiger partial charge < -0.3 is 9.52 Å². The summed E-state index contributed by atoms with van der Waals surface area (Å²) in [6.07, 6.45) is 2.79. The van der Waals surface area contributed by atoms with Crippen molar-refractivity contribution in [2.75, 3.05) is 6.54 Å². The molecule has 6 nitrogen and oxygen atoms in total. The molecule has 1 aliphatic heterocycles. The molecule has 0 spiro atoms. The van der Waals surface area contributed by atoms with Crippen LogP contribution in [0.3, 0.4) is 0 Å². The summed E-state index contributed by atoms with van der Waals surface area (Å²) in [5, 5.41) is 8.90. The number of hydrogen-bond donors (Lipinski definition) is 1. The molecule has 0 atom stereocenters. The van der Waals surface area contributed by atoms with Crippen molar-refractivity contribution in [1.29, 1.82) is 0 Å². The maximum Gasteiger partial charge on any atom is 0.371 e. The zero-order valence-electron chi connectivity index (χ0n) is 13.7. The van der Waals surface area contributed by atoms with Crippen molar-refractivity contribution in [1.82, 2.24) is 14.9 Å². The highest BCUT2D eigenvalue weighted by molar-refractivity contribution is 5.84. The van der Waals surface area contributed by atoms with E-state index in [0.29, 0.717) is 12.3 Å². The largest absolute Gasteiger partial charge is 0.475 e. The first-order valence-corrected chi connectivity index (χ1v) is 7.72. The van der Waals surface area contributed by atoms with Crippen LogP contribution in [-0.4, -0.2) is 32.5 Å². The van der Waals surface area contributed by atoms with Gasteiger partial charge in [-0.25, -0.2) is 14.8 Å². The number of aromatic nitrogens is 2. The lowest BCUT2D eigenvalue weighted by atomic mass is 9.95. The van der Waals surface area contributed by atoms with Crippen LogP contribution in [0.1, 0.15) is 54.2 Å². The molecule has 0 saturated carbocycles. The van der Waals surface area contributed by atoms with E-state index in [-0.39, 0.29) is 11.2 Å². The van der Waals surface area contributed by atoms with E-state index < -0.39 is 5.97 Å². The van der Waals surface area contributed by atoms with Crippen molar-refractivity contribution >= 4 is 5.97 Å². The molecule has 3 heterocycles. The van der Waals surface area contributed by atoms with Crippen molar-refractivity contribution in [3.63, 3.8) is 0 Å². The molecule has 6 heteroatoms. The minimum atomic E-state index is -1.04. The third-order valence-electron chi connectivity index (χ3n) is 3.94. The quantitative estimate of drug-likeness (QED) is 0.938. The summed E-state index contributed by atoms with van der Waals surface area (Å²) in [7, 11) is 0. The Labute approximate surface area is 135 Å². The topological polar surface area (TPSA) is 79.5 Å². The first kappa shape index (κ1) is 15.7. The fourth-order valence-electron chi connectivity index (χ4n) is 2.67. The van der Waals surface area contributed by atoms with Crippen molar-refractivity contribution in [2.24, 2.45) is 0 Å². The SMILES string of the molecule is CC(C)(C)c1ncc2c(n1)CCN(Cc1ccc(C(=O)O)o1)C2. The van der Waals surface area contributed by atoms with E-state index in [2.05, 4.69) is 30.7 Å². The zero-order chi connectivity index (χ0) is 16.6. The fraction of sp³-hybridized carbons (Fsp3) is 0.471. The standard InChI is InChI=1S/C17H21N3O3/c1-17(2,3)16-18-8-11-9-20(7-6-13(11)19-16)10-12-4-5-14(23-12)15(21)22/h4-5,8H,6-7,9-10H2,1-3H3,(H,21,22). The van der Waals surface area contributed by atoms with Gasteiger partial charge in [-0.05, 0) is 12.1 Å². The number of carbonyl (C=O) groups is 1. The van der Waals surface area contributed by atoms with E-state index in [1.165, 1.54) is 6.07 Å². The van der Waals surface area contributed by atoms with Gasteiger partial charge in [0.1, 0.15) is 11.6 Å². The Hall–Kier alpha value is -2.21. The Morgan fingerprint density at radius 3 is 2.83 bits per heavy atom. The lowest BCUT2D eigenvalue weighted by Crippen LogP contribution is -2.31. The van der Waals surface area contributed by atoms with E-state index in [1.807, 2.05) is 6.20 Å². The van der Waals surface area contributed by atoms with Crippen LogP contribution in [0.15, 0.2) is 22.7 Å². The van der Waals surface area contributed by atoms with Gasteiger partial charge >= 0.3 is 5.97 Å². The number of aromatic carboxylic acids is 1. The van der Waals surface area contributed by atoms with Crippen LogP contribution >= 0.6 is 0 Å². The van der Waals surface area contributed by atoms with Crippen LogP contribution in [0.25, 0.3) is 0 Å². The van der Waals surface area contributed by atoms with Crippen LogP contribution < -0.4 is 0 Å². The Bertz CT molecular complexity index is 731. The van der Waals surface area contributed by atoms with Crippen LogP contribution in [0.5, 0.6) is 0 Å². The molecular weight excluding hydrogens is 294 g/mol. The van der Waals surface area contributed by atoms with Gasteiger partial charge in [-0.3, -0.25) is 4.90 Å². The monoisotopic (exact) mass is 315 g/mol. The van der Waals surface area contributed by atoms with Crippen molar-refractivity contribution in [3.05, 3.63) is 46.9 Å². The number of hydrogen-bond acceptors (Lipinski definition) is 5. The molecule has 0 unspecified atom stereocenters. The number of rotatable bonds is 3. The van der Waals surface area contributed by atoms with Crippen LogP contribution in [0.2, 0.25) is 0 Å². The number of furan rings is 1. The van der Waals surface area contributed by atoms with Crippen LogP contribution in [0.4, 0.5) is 0 Å². The van der Waals surface area contributed by atoms with E-state index in [1.54, 1.807) is 6.07 Å². The summed E-state index contributed by atoms with van der Waals surface area (Å²) in [6, 6.07) is 3.21. The maximum absolute atomic E-state index is 10.9. The summed E-state index contributed by atoms with van der Waals surface area (Å²) < 4.78 is 5.33. The van der Waals surface area contributed by atoms with Gasteiger partial charge in [0.2, 0.25) is 5.76 Å². The molecule has 0 aliphatic carbocycles. The minimum absolute atomic E-state index is 0.0180. The molecule has 0 aromatic carbocycles. The third kappa shape index (κ3) is 3.42. The van der Waals surface area contributed by atoms with Gasteiger partial charge in [0, 0.05) is 42.4 Å². The molecule has 0 amide bonds. The molecule has 1 N–H and O–H groups in total. The number of nitrogens with zero attached hydrogens (tertiary/aromatic N) is 3. The highest BCUT2D eigenvalue weighted by atomic mass is 16.4. The number of fused-ring (bicyclic) bond motifs is 1. The molecule has 122 valence electrons. The molecule has 3 rings (SSSR count). The number of carboxylic acids is 1.